The van der Waals surface area contributed by atoms with Crippen LogP contribution in [0.2, 0.25) is 0 Å². The van der Waals surface area contributed by atoms with Crippen LogP contribution >= 0.6 is 0 Å². The highest BCUT2D eigenvalue weighted by atomic mass is 32.2. The lowest BCUT2D eigenvalue weighted by atomic mass is 10.1. The van der Waals surface area contributed by atoms with Crippen molar-refractivity contribution < 1.29 is 21.6 Å². The summed E-state index contributed by atoms with van der Waals surface area (Å²) in [6.07, 6.45) is -3.05. The predicted molar refractivity (Wildman–Crippen MR) is 95.1 cm³/mol. The van der Waals surface area contributed by atoms with E-state index in [2.05, 4.69) is 5.10 Å². The predicted octanol–water partition coefficient (Wildman–Crippen LogP) is 2.74. The lowest BCUT2D eigenvalue weighted by molar-refractivity contribution is -0.137. The van der Waals surface area contributed by atoms with Crippen LogP contribution in [0.4, 0.5) is 18.9 Å². The van der Waals surface area contributed by atoms with E-state index in [1.54, 1.807) is 22.6 Å². The summed E-state index contributed by atoms with van der Waals surface area (Å²) in [6, 6.07) is 5.09. The highest BCUT2D eigenvalue weighted by Crippen LogP contribution is 2.32. The number of hydrogen-bond acceptors (Lipinski definition) is 4. The number of piperazine rings is 1. The molecule has 10 heteroatoms. The smallest absolute Gasteiger partial charge is 0.369 e. The molecule has 0 atom stereocenters. The van der Waals surface area contributed by atoms with Crippen molar-refractivity contribution in [3.8, 4) is 0 Å². The standard InChI is InChI=1S/C17H21F3N4O2S/c1-3-24-13(2)16(12-21-24)27(25,26)23-9-7-22(8-10-23)15-6-4-5-14(11-15)17(18,19)20/h4-6,11-12H,3,7-10H2,1-2H3. The Hall–Kier alpha value is -2.07. The Morgan fingerprint density at radius 1 is 1.15 bits per heavy atom. The average molecular weight is 402 g/mol. The monoisotopic (exact) mass is 402 g/mol. The summed E-state index contributed by atoms with van der Waals surface area (Å²) < 4.78 is 67.4. The lowest BCUT2D eigenvalue weighted by Crippen LogP contribution is -2.48. The SMILES string of the molecule is CCn1ncc(S(=O)(=O)N2CCN(c3cccc(C(F)(F)F)c3)CC2)c1C. The molecule has 0 unspecified atom stereocenters. The molecule has 3 rings (SSSR count). The van der Waals surface area contributed by atoms with Crippen LogP contribution in [-0.4, -0.2) is 48.7 Å². The third-order valence-electron chi connectivity index (χ3n) is 4.75. The summed E-state index contributed by atoms with van der Waals surface area (Å²) in [5.74, 6) is 0. The number of sulfonamides is 1. The van der Waals surface area contributed by atoms with Crippen molar-refractivity contribution in [2.45, 2.75) is 31.5 Å². The largest absolute Gasteiger partial charge is 0.416 e. The van der Waals surface area contributed by atoms with E-state index in [0.717, 1.165) is 12.1 Å². The topological polar surface area (TPSA) is 58.4 Å². The second kappa shape index (κ2) is 7.16. The fourth-order valence-electron chi connectivity index (χ4n) is 3.21. The van der Waals surface area contributed by atoms with E-state index in [-0.39, 0.29) is 18.0 Å². The fourth-order valence-corrected chi connectivity index (χ4v) is 4.79. The van der Waals surface area contributed by atoms with Gasteiger partial charge in [0.2, 0.25) is 10.0 Å². The molecule has 1 fully saturated rings. The van der Waals surface area contributed by atoms with Crippen molar-refractivity contribution in [3.63, 3.8) is 0 Å². The zero-order valence-corrected chi connectivity index (χ0v) is 15.9. The summed E-state index contributed by atoms with van der Waals surface area (Å²) in [7, 11) is -3.68. The second-order valence-electron chi connectivity index (χ2n) is 6.35. The van der Waals surface area contributed by atoms with Crippen molar-refractivity contribution in [2.24, 2.45) is 0 Å². The molecule has 1 aromatic heterocycles. The van der Waals surface area contributed by atoms with Crippen LogP contribution in [0, 0.1) is 6.92 Å². The summed E-state index contributed by atoms with van der Waals surface area (Å²) in [5, 5.41) is 4.08. The first kappa shape index (κ1) is 19.7. The normalized spacial score (nSPS) is 16.7. The number of rotatable bonds is 4. The van der Waals surface area contributed by atoms with Gasteiger partial charge in [-0.2, -0.15) is 22.6 Å². The Labute approximate surface area is 156 Å². The van der Waals surface area contributed by atoms with Gasteiger partial charge < -0.3 is 4.90 Å². The molecular formula is C17H21F3N4O2S. The van der Waals surface area contributed by atoms with Gasteiger partial charge in [0.05, 0.1) is 17.5 Å². The van der Waals surface area contributed by atoms with E-state index in [1.165, 1.54) is 16.6 Å². The molecule has 0 spiro atoms. The fraction of sp³-hybridized carbons (Fsp3) is 0.471. The molecule has 2 heterocycles. The van der Waals surface area contributed by atoms with Crippen molar-refractivity contribution in [1.82, 2.24) is 14.1 Å². The number of aromatic nitrogens is 2. The van der Waals surface area contributed by atoms with Gasteiger partial charge >= 0.3 is 6.18 Å². The van der Waals surface area contributed by atoms with Crippen molar-refractivity contribution >= 4 is 15.7 Å². The van der Waals surface area contributed by atoms with Gasteiger partial charge in [-0.25, -0.2) is 8.42 Å². The number of hydrogen-bond donors (Lipinski definition) is 0. The van der Waals surface area contributed by atoms with E-state index in [4.69, 9.17) is 0 Å². The Balaban J connectivity index is 1.74. The van der Waals surface area contributed by atoms with Gasteiger partial charge in [-0.3, -0.25) is 4.68 Å². The minimum atomic E-state index is -4.40. The zero-order chi connectivity index (χ0) is 19.8. The number of nitrogens with zero attached hydrogens (tertiary/aromatic N) is 4. The van der Waals surface area contributed by atoms with Gasteiger partial charge in [0, 0.05) is 38.4 Å². The van der Waals surface area contributed by atoms with Crippen LogP contribution in [0.3, 0.4) is 0 Å². The van der Waals surface area contributed by atoms with Crippen LogP contribution in [0.15, 0.2) is 35.4 Å². The first-order chi connectivity index (χ1) is 12.6. The molecule has 2 aromatic rings. The Morgan fingerprint density at radius 3 is 2.37 bits per heavy atom. The third kappa shape index (κ3) is 3.81. The molecule has 27 heavy (non-hydrogen) atoms. The molecule has 1 aliphatic heterocycles. The summed E-state index contributed by atoms with van der Waals surface area (Å²) in [5.41, 5.74) is 0.312. The Bertz CT molecular complexity index is 917. The van der Waals surface area contributed by atoms with E-state index in [0.29, 0.717) is 31.0 Å². The number of alkyl halides is 3. The second-order valence-corrected chi connectivity index (χ2v) is 8.26. The molecule has 1 aliphatic rings. The highest BCUT2D eigenvalue weighted by Gasteiger charge is 2.33. The quantitative estimate of drug-likeness (QED) is 0.789. The minimum absolute atomic E-state index is 0.178. The maximum absolute atomic E-state index is 12.9. The minimum Gasteiger partial charge on any atom is -0.369 e. The molecule has 1 aromatic carbocycles. The molecule has 0 radical (unpaired) electrons. The van der Waals surface area contributed by atoms with Crippen LogP contribution in [0.25, 0.3) is 0 Å². The molecule has 148 valence electrons. The molecule has 0 amide bonds. The lowest BCUT2D eigenvalue weighted by Gasteiger charge is -2.35. The molecular weight excluding hydrogens is 381 g/mol. The van der Waals surface area contributed by atoms with Gasteiger partial charge in [0.15, 0.2) is 0 Å². The number of halogens is 3. The van der Waals surface area contributed by atoms with Gasteiger partial charge in [-0.15, -0.1) is 0 Å². The Kier molecular flexibility index (Phi) is 5.22. The number of benzene rings is 1. The van der Waals surface area contributed by atoms with Gasteiger partial charge in [-0.1, -0.05) is 6.07 Å². The maximum atomic E-state index is 12.9. The molecule has 6 nitrogen and oxygen atoms in total. The number of anilines is 1. The summed E-state index contributed by atoms with van der Waals surface area (Å²) in [6.45, 7) is 5.21. The summed E-state index contributed by atoms with van der Waals surface area (Å²) in [4.78, 5) is 1.95. The molecule has 0 aliphatic carbocycles. The molecule has 0 saturated carbocycles. The van der Waals surface area contributed by atoms with Crippen molar-refractivity contribution in [3.05, 3.63) is 41.7 Å². The number of aryl methyl sites for hydroxylation is 1. The molecule has 0 N–H and O–H groups in total. The van der Waals surface area contributed by atoms with Crippen molar-refractivity contribution in [1.29, 1.82) is 0 Å². The van der Waals surface area contributed by atoms with Crippen LogP contribution in [0.5, 0.6) is 0 Å². The van der Waals surface area contributed by atoms with Crippen LogP contribution < -0.4 is 4.90 Å². The van der Waals surface area contributed by atoms with E-state index >= 15 is 0 Å². The molecule has 1 saturated heterocycles. The molecule has 0 bridgehead atoms. The maximum Gasteiger partial charge on any atom is 0.416 e. The Morgan fingerprint density at radius 2 is 1.81 bits per heavy atom. The van der Waals surface area contributed by atoms with Crippen LogP contribution in [-0.2, 0) is 22.7 Å². The highest BCUT2D eigenvalue weighted by molar-refractivity contribution is 7.89. The third-order valence-corrected chi connectivity index (χ3v) is 6.75. The van der Waals surface area contributed by atoms with Crippen molar-refractivity contribution in [2.75, 3.05) is 31.1 Å². The van der Waals surface area contributed by atoms with Crippen LogP contribution in [0.1, 0.15) is 18.2 Å². The van der Waals surface area contributed by atoms with Gasteiger partial charge in [0.1, 0.15) is 4.90 Å². The first-order valence-electron chi connectivity index (χ1n) is 8.59. The van der Waals surface area contributed by atoms with E-state index in [9.17, 15) is 21.6 Å². The average Bonchev–Trinajstić information content (AvgIpc) is 3.02. The van der Waals surface area contributed by atoms with E-state index in [1.807, 2.05) is 6.92 Å². The summed E-state index contributed by atoms with van der Waals surface area (Å²) >= 11 is 0. The van der Waals surface area contributed by atoms with Gasteiger partial charge in [0.25, 0.3) is 0 Å². The zero-order valence-electron chi connectivity index (χ0n) is 15.1. The van der Waals surface area contributed by atoms with Gasteiger partial charge in [-0.05, 0) is 32.0 Å². The first-order valence-corrected chi connectivity index (χ1v) is 10.0. The van der Waals surface area contributed by atoms with E-state index < -0.39 is 21.8 Å².